The van der Waals surface area contributed by atoms with Crippen molar-refractivity contribution in [1.29, 1.82) is 0 Å². The maximum Gasteiger partial charge on any atom is 0.252 e. The number of anilines is 1. The van der Waals surface area contributed by atoms with Crippen LogP contribution in [0, 0.1) is 0 Å². The second-order valence-corrected chi connectivity index (χ2v) is 9.86. The van der Waals surface area contributed by atoms with Crippen molar-refractivity contribution in [1.82, 2.24) is 9.21 Å². The quantitative estimate of drug-likeness (QED) is 0.700. The minimum absolute atomic E-state index is 0.256. The van der Waals surface area contributed by atoms with Crippen LogP contribution in [-0.2, 0) is 19.6 Å². The molecule has 0 radical (unpaired) electrons. The predicted octanol–water partition coefficient (Wildman–Crippen LogP) is 0.618. The van der Waals surface area contributed by atoms with E-state index in [1.54, 1.807) is 18.9 Å². The van der Waals surface area contributed by atoms with Crippen molar-refractivity contribution in [2.45, 2.75) is 16.6 Å². The van der Waals surface area contributed by atoms with Gasteiger partial charge in [0.25, 0.3) is 5.91 Å². The van der Waals surface area contributed by atoms with E-state index in [1.165, 1.54) is 21.0 Å². The number of carbonyl (C=O) groups excluding carboxylic acids is 2. The van der Waals surface area contributed by atoms with Gasteiger partial charge in [-0.15, -0.1) is 0 Å². The Morgan fingerprint density at radius 3 is 2.36 bits per heavy atom. The molecule has 1 saturated heterocycles. The molecular formula is C16H21N3O4S2. The van der Waals surface area contributed by atoms with Crippen LogP contribution in [0.2, 0.25) is 0 Å². The fraction of sp³-hybridized carbons (Fsp3) is 0.500. The molecule has 2 amide bonds. The monoisotopic (exact) mass is 383 g/mol. The van der Waals surface area contributed by atoms with E-state index in [1.807, 2.05) is 24.3 Å². The summed E-state index contributed by atoms with van der Waals surface area (Å²) >= 11 is 1.26. The van der Waals surface area contributed by atoms with E-state index in [9.17, 15) is 18.0 Å². The highest BCUT2D eigenvalue weighted by Crippen LogP contribution is 2.45. The Balaban J connectivity index is 1.82. The van der Waals surface area contributed by atoms with Crippen LogP contribution in [0.3, 0.4) is 0 Å². The van der Waals surface area contributed by atoms with E-state index in [0.29, 0.717) is 13.1 Å². The molecule has 1 fully saturated rings. The van der Waals surface area contributed by atoms with Crippen LogP contribution in [0.4, 0.5) is 5.69 Å². The largest absolute Gasteiger partial charge is 0.338 e. The van der Waals surface area contributed by atoms with Crippen LogP contribution in [0.1, 0.15) is 6.92 Å². The lowest BCUT2D eigenvalue weighted by Gasteiger charge is -2.41. The Labute approximate surface area is 152 Å². The molecule has 0 bridgehead atoms. The maximum absolute atomic E-state index is 13.1. The van der Waals surface area contributed by atoms with Crippen molar-refractivity contribution in [3.8, 4) is 0 Å². The summed E-state index contributed by atoms with van der Waals surface area (Å²) in [4.78, 5) is 30.0. The number of fused-ring (bicyclic) bond motifs is 1. The van der Waals surface area contributed by atoms with Gasteiger partial charge in [0, 0.05) is 38.1 Å². The van der Waals surface area contributed by atoms with Gasteiger partial charge in [-0.1, -0.05) is 23.9 Å². The number of piperazine rings is 1. The highest BCUT2D eigenvalue weighted by Gasteiger charge is 2.50. The summed E-state index contributed by atoms with van der Waals surface area (Å²) in [5.74, 6) is -0.524. The van der Waals surface area contributed by atoms with E-state index in [0.717, 1.165) is 16.8 Å². The molecule has 2 heterocycles. The van der Waals surface area contributed by atoms with Gasteiger partial charge in [0.2, 0.25) is 15.9 Å². The first kappa shape index (κ1) is 18.2. The van der Waals surface area contributed by atoms with E-state index in [4.69, 9.17) is 0 Å². The molecule has 7 nitrogen and oxygen atoms in total. The molecular weight excluding hydrogens is 362 g/mol. The summed E-state index contributed by atoms with van der Waals surface area (Å²) in [6, 6.07) is 7.49. The molecule has 0 aliphatic carbocycles. The number of thioether (sulfide) groups is 1. The minimum atomic E-state index is -3.26. The van der Waals surface area contributed by atoms with Crippen molar-refractivity contribution < 1.29 is 18.0 Å². The number of hydrogen-bond acceptors (Lipinski definition) is 5. The zero-order valence-corrected chi connectivity index (χ0v) is 16.1. The Morgan fingerprint density at radius 2 is 1.76 bits per heavy atom. The standard InChI is InChI=1S/C16H21N3O4S2/c1-16(14(20)17(2)12-6-4-5-7-13(12)24-16)15(21)18-8-10-19(11-9-18)25(3,22)23/h4-7H,8-11H2,1-3H3. The van der Waals surface area contributed by atoms with Crippen molar-refractivity contribution >= 4 is 39.3 Å². The molecule has 1 aromatic rings. The number of nitrogens with zero attached hydrogens (tertiary/aromatic N) is 3. The molecule has 0 spiro atoms. The molecule has 0 aromatic heterocycles. The number of benzene rings is 1. The molecule has 1 atom stereocenters. The van der Waals surface area contributed by atoms with E-state index in [2.05, 4.69) is 0 Å². The molecule has 136 valence electrons. The van der Waals surface area contributed by atoms with Crippen molar-refractivity contribution in [2.75, 3.05) is 44.4 Å². The van der Waals surface area contributed by atoms with Crippen LogP contribution in [0.5, 0.6) is 0 Å². The molecule has 2 aliphatic rings. The van der Waals surface area contributed by atoms with Crippen LogP contribution in [-0.4, -0.2) is 73.7 Å². The number of hydrogen-bond donors (Lipinski definition) is 0. The van der Waals surface area contributed by atoms with Crippen LogP contribution < -0.4 is 4.90 Å². The third-order valence-corrected chi connectivity index (χ3v) is 7.28. The van der Waals surface area contributed by atoms with Crippen molar-refractivity contribution in [2.24, 2.45) is 0 Å². The third kappa shape index (κ3) is 3.16. The lowest BCUT2D eigenvalue weighted by Crippen LogP contribution is -2.60. The zero-order chi connectivity index (χ0) is 18.4. The summed E-state index contributed by atoms with van der Waals surface area (Å²) in [5, 5.41) is 0. The number of carbonyl (C=O) groups is 2. The number of para-hydroxylation sites is 1. The predicted molar refractivity (Wildman–Crippen MR) is 97.1 cm³/mol. The average Bonchev–Trinajstić information content (AvgIpc) is 2.58. The molecule has 9 heteroatoms. The molecule has 1 unspecified atom stereocenters. The Hall–Kier alpha value is -1.58. The topological polar surface area (TPSA) is 78.0 Å². The first-order valence-electron chi connectivity index (χ1n) is 7.95. The maximum atomic E-state index is 13.1. The summed E-state index contributed by atoms with van der Waals surface area (Å²) in [7, 11) is -1.59. The molecule has 2 aliphatic heterocycles. The third-order valence-electron chi connectivity index (χ3n) is 4.66. The molecule has 1 aromatic carbocycles. The van der Waals surface area contributed by atoms with E-state index in [-0.39, 0.29) is 24.9 Å². The highest BCUT2D eigenvalue weighted by molar-refractivity contribution is 8.02. The van der Waals surface area contributed by atoms with Crippen molar-refractivity contribution in [3.63, 3.8) is 0 Å². The van der Waals surface area contributed by atoms with Crippen LogP contribution in [0.15, 0.2) is 29.2 Å². The summed E-state index contributed by atoms with van der Waals surface area (Å²) in [6.07, 6.45) is 1.16. The van der Waals surface area contributed by atoms with Gasteiger partial charge in [-0.05, 0) is 19.1 Å². The van der Waals surface area contributed by atoms with E-state index >= 15 is 0 Å². The fourth-order valence-corrected chi connectivity index (χ4v) is 5.34. The fourth-order valence-electron chi connectivity index (χ4n) is 3.17. The second-order valence-electron chi connectivity index (χ2n) is 6.42. The van der Waals surface area contributed by atoms with E-state index < -0.39 is 14.8 Å². The van der Waals surface area contributed by atoms with Gasteiger partial charge >= 0.3 is 0 Å². The molecule has 25 heavy (non-hydrogen) atoms. The smallest absolute Gasteiger partial charge is 0.252 e. The van der Waals surface area contributed by atoms with Gasteiger partial charge in [-0.25, -0.2) is 8.42 Å². The van der Waals surface area contributed by atoms with Gasteiger partial charge < -0.3 is 9.80 Å². The van der Waals surface area contributed by atoms with Gasteiger partial charge in [0.15, 0.2) is 4.75 Å². The first-order valence-corrected chi connectivity index (χ1v) is 10.6. The zero-order valence-electron chi connectivity index (χ0n) is 14.4. The Bertz CT molecular complexity index is 818. The Morgan fingerprint density at radius 1 is 1.16 bits per heavy atom. The van der Waals surface area contributed by atoms with Gasteiger partial charge in [-0.3, -0.25) is 9.59 Å². The highest BCUT2D eigenvalue weighted by atomic mass is 32.2. The van der Waals surface area contributed by atoms with Crippen LogP contribution >= 0.6 is 11.8 Å². The normalized spacial score (nSPS) is 25.0. The lowest BCUT2D eigenvalue weighted by molar-refractivity contribution is -0.139. The van der Waals surface area contributed by atoms with Gasteiger partial charge in [0.05, 0.1) is 11.9 Å². The number of sulfonamides is 1. The SMILES string of the molecule is CN1C(=O)C(C)(C(=O)N2CCN(S(C)(=O)=O)CC2)Sc2ccccc21. The Kier molecular flexibility index (Phi) is 4.59. The molecule has 0 N–H and O–H groups in total. The first-order chi connectivity index (χ1) is 11.6. The van der Waals surface area contributed by atoms with Crippen molar-refractivity contribution in [3.05, 3.63) is 24.3 Å². The van der Waals surface area contributed by atoms with Crippen LogP contribution in [0.25, 0.3) is 0 Å². The summed E-state index contributed by atoms with van der Waals surface area (Å²) in [5.41, 5.74) is 0.796. The lowest BCUT2D eigenvalue weighted by atomic mass is 10.1. The van der Waals surface area contributed by atoms with Gasteiger partial charge in [-0.2, -0.15) is 4.31 Å². The average molecular weight is 383 g/mol. The molecule has 0 saturated carbocycles. The second kappa shape index (κ2) is 6.30. The summed E-state index contributed by atoms with van der Waals surface area (Å²) < 4.78 is 23.4. The summed E-state index contributed by atoms with van der Waals surface area (Å²) in [6.45, 7) is 2.75. The van der Waals surface area contributed by atoms with Gasteiger partial charge in [0.1, 0.15) is 0 Å². The minimum Gasteiger partial charge on any atom is -0.338 e. The number of rotatable bonds is 2. The molecule has 3 rings (SSSR count). The number of amides is 2.